The standard InChI is InChI=1S/C9H15N5O2/c1-10-8-12-6-14(9(15)13-8)5-7-4-11-2-3-16-7/h6-7,11H,2-5H2,1H3,(H,10,13,15). The number of aromatic nitrogens is 3. The van der Waals surface area contributed by atoms with Crippen molar-refractivity contribution < 1.29 is 4.74 Å². The molecule has 2 rings (SSSR count). The van der Waals surface area contributed by atoms with Crippen LogP contribution in [0.5, 0.6) is 0 Å². The molecule has 0 radical (unpaired) electrons. The van der Waals surface area contributed by atoms with E-state index in [0.717, 1.165) is 13.1 Å². The lowest BCUT2D eigenvalue weighted by molar-refractivity contribution is 0.0172. The zero-order valence-corrected chi connectivity index (χ0v) is 9.14. The monoisotopic (exact) mass is 225 g/mol. The molecule has 1 saturated heterocycles. The van der Waals surface area contributed by atoms with Gasteiger partial charge in [-0.25, -0.2) is 9.78 Å². The highest BCUT2D eigenvalue weighted by atomic mass is 16.5. The number of hydrogen-bond donors (Lipinski definition) is 2. The van der Waals surface area contributed by atoms with E-state index in [1.807, 2.05) is 0 Å². The summed E-state index contributed by atoms with van der Waals surface area (Å²) in [5, 5.41) is 5.92. The molecule has 0 amide bonds. The van der Waals surface area contributed by atoms with Crippen molar-refractivity contribution in [2.75, 3.05) is 32.1 Å². The van der Waals surface area contributed by atoms with Gasteiger partial charge in [-0.05, 0) is 0 Å². The van der Waals surface area contributed by atoms with Crippen LogP contribution in [0.3, 0.4) is 0 Å². The van der Waals surface area contributed by atoms with Crippen molar-refractivity contribution in [2.24, 2.45) is 0 Å². The Hall–Kier alpha value is -1.47. The summed E-state index contributed by atoms with van der Waals surface area (Å²) in [5.74, 6) is 0.337. The molecule has 0 saturated carbocycles. The van der Waals surface area contributed by atoms with E-state index in [4.69, 9.17) is 4.74 Å². The SMILES string of the molecule is CNc1ncn(CC2CNCCO2)c(=O)n1. The van der Waals surface area contributed by atoms with Gasteiger partial charge >= 0.3 is 5.69 Å². The third-order valence-corrected chi connectivity index (χ3v) is 2.39. The summed E-state index contributed by atoms with van der Waals surface area (Å²) in [4.78, 5) is 19.3. The summed E-state index contributed by atoms with van der Waals surface area (Å²) in [6.07, 6.45) is 1.49. The van der Waals surface area contributed by atoms with Gasteiger partial charge in [0, 0.05) is 20.1 Å². The van der Waals surface area contributed by atoms with Gasteiger partial charge in [-0.3, -0.25) is 4.57 Å². The highest BCUT2D eigenvalue weighted by molar-refractivity contribution is 5.18. The zero-order valence-electron chi connectivity index (χ0n) is 9.14. The van der Waals surface area contributed by atoms with Crippen molar-refractivity contribution in [1.82, 2.24) is 19.9 Å². The molecule has 1 aromatic rings. The number of rotatable bonds is 3. The number of morpholine rings is 1. The second-order valence-corrected chi connectivity index (χ2v) is 3.56. The fourth-order valence-corrected chi connectivity index (χ4v) is 1.56. The average Bonchev–Trinajstić information content (AvgIpc) is 2.33. The van der Waals surface area contributed by atoms with Gasteiger partial charge in [0.1, 0.15) is 6.33 Å². The normalized spacial score (nSPS) is 20.7. The van der Waals surface area contributed by atoms with Gasteiger partial charge in [0.25, 0.3) is 0 Å². The molecule has 0 aliphatic carbocycles. The van der Waals surface area contributed by atoms with Crippen LogP contribution >= 0.6 is 0 Å². The number of ether oxygens (including phenoxy) is 1. The molecule has 2 heterocycles. The summed E-state index contributed by atoms with van der Waals surface area (Å²) in [6.45, 7) is 2.77. The summed E-state index contributed by atoms with van der Waals surface area (Å²) in [7, 11) is 1.67. The van der Waals surface area contributed by atoms with Crippen LogP contribution in [0.1, 0.15) is 0 Å². The Labute approximate surface area is 92.9 Å². The lowest BCUT2D eigenvalue weighted by Crippen LogP contribution is -2.42. The minimum atomic E-state index is -0.312. The molecule has 1 fully saturated rings. The first-order valence-corrected chi connectivity index (χ1v) is 5.23. The Balaban J connectivity index is 2.06. The summed E-state index contributed by atoms with van der Waals surface area (Å²) >= 11 is 0. The Morgan fingerprint density at radius 1 is 1.75 bits per heavy atom. The number of nitrogens with one attached hydrogen (secondary N) is 2. The summed E-state index contributed by atoms with van der Waals surface area (Å²) in [6, 6.07) is 0. The first-order chi connectivity index (χ1) is 7.79. The van der Waals surface area contributed by atoms with Gasteiger partial charge in [0.15, 0.2) is 0 Å². The minimum absolute atomic E-state index is 0.00971. The molecule has 0 aromatic carbocycles. The van der Waals surface area contributed by atoms with E-state index in [1.54, 1.807) is 7.05 Å². The Morgan fingerprint density at radius 3 is 3.25 bits per heavy atom. The van der Waals surface area contributed by atoms with Crippen LogP contribution < -0.4 is 16.3 Å². The van der Waals surface area contributed by atoms with E-state index < -0.39 is 0 Å². The van der Waals surface area contributed by atoms with Gasteiger partial charge < -0.3 is 15.4 Å². The minimum Gasteiger partial charge on any atom is -0.374 e. The van der Waals surface area contributed by atoms with Gasteiger partial charge in [0.2, 0.25) is 5.95 Å². The first-order valence-electron chi connectivity index (χ1n) is 5.23. The maximum atomic E-state index is 11.6. The van der Waals surface area contributed by atoms with Crippen LogP contribution in [0.2, 0.25) is 0 Å². The van der Waals surface area contributed by atoms with E-state index in [0.29, 0.717) is 19.1 Å². The zero-order chi connectivity index (χ0) is 11.4. The highest BCUT2D eigenvalue weighted by Gasteiger charge is 2.14. The van der Waals surface area contributed by atoms with Crippen LogP contribution in [-0.4, -0.2) is 47.4 Å². The molecule has 0 bridgehead atoms. The van der Waals surface area contributed by atoms with Crippen LogP contribution in [0, 0.1) is 0 Å². The predicted molar refractivity (Wildman–Crippen MR) is 58.4 cm³/mol. The summed E-state index contributed by atoms with van der Waals surface area (Å²) < 4.78 is 6.96. The number of anilines is 1. The molecule has 1 aliphatic rings. The average molecular weight is 225 g/mol. The van der Waals surface area contributed by atoms with Crippen molar-refractivity contribution >= 4 is 5.95 Å². The molecule has 1 aliphatic heterocycles. The molecule has 7 nitrogen and oxygen atoms in total. The fraction of sp³-hybridized carbons (Fsp3) is 0.667. The largest absolute Gasteiger partial charge is 0.374 e. The molecule has 1 unspecified atom stereocenters. The van der Waals surface area contributed by atoms with Crippen molar-refractivity contribution in [3.63, 3.8) is 0 Å². The molecular formula is C9H15N5O2. The first kappa shape index (κ1) is 11.0. The molecule has 88 valence electrons. The van der Waals surface area contributed by atoms with Crippen molar-refractivity contribution in [3.05, 3.63) is 16.8 Å². The van der Waals surface area contributed by atoms with Crippen LogP contribution in [0.15, 0.2) is 11.1 Å². The lowest BCUT2D eigenvalue weighted by Gasteiger charge is -2.23. The van der Waals surface area contributed by atoms with Crippen LogP contribution in [0.4, 0.5) is 5.95 Å². The quantitative estimate of drug-likeness (QED) is 0.663. The van der Waals surface area contributed by atoms with E-state index >= 15 is 0 Å². The van der Waals surface area contributed by atoms with Gasteiger partial charge in [0.05, 0.1) is 19.3 Å². The molecule has 16 heavy (non-hydrogen) atoms. The Bertz CT molecular complexity index is 399. The van der Waals surface area contributed by atoms with Crippen molar-refractivity contribution in [1.29, 1.82) is 0 Å². The van der Waals surface area contributed by atoms with Gasteiger partial charge in [-0.1, -0.05) is 0 Å². The van der Waals surface area contributed by atoms with Crippen LogP contribution in [0.25, 0.3) is 0 Å². The van der Waals surface area contributed by atoms with Gasteiger partial charge in [-0.2, -0.15) is 4.98 Å². The molecule has 1 atom stereocenters. The van der Waals surface area contributed by atoms with E-state index in [2.05, 4.69) is 20.6 Å². The predicted octanol–water partition coefficient (Wildman–Crippen LogP) is -1.33. The van der Waals surface area contributed by atoms with E-state index in [9.17, 15) is 4.79 Å². The second-order valence-electron chi connectivity index (χ2n) is 3.56. The number of nitrogens with zero attached hydrogens (tertiary/aromatic N) is 3. The molecular weight excluding hydrogens is 210 g/mol. The van der Waals surface area contributed by atoms with Gasteiger partial charge in [-0.15, -0.1) is 0 Å². The molecule has 7 heteroatoms. The second kappa shape index (κ2) is 5.04. The smallest absolute Gasteiger partial charge is 0.352 e. The maximum absolute atomic E-state index is 11.6. The van der Waals surface area contributed by atoms with E-state index in [-0.39, 0.29) is 11.8 Å². The molecule has 1 aromatic heterocycles. The highest BCUT2D eigenvalue weighted by Crippen LogP contribution is 1.98. The fourth-order valence-electron chi connectivity index (χ4n) is 1.56. The maximum Gasteiger partial charge on any atom is 0.352 e. The lowest BCUT2D eigenvalue weighted by atomic mass is 10.3. The van der Waals surface area contributed by atoms with Crippen molar-refractivity contribution in [3.8, 4) is 0 Å². The molecule has 0 spiro atoms. The summed E-state index contributed by atoms with van der Waals surface area (Å²) in [5.41, 5.74) is -0.312. The van der Waals surface area contributed by atoms with Crippen LogP contribution in [-0.2, 0) is 11.3 Å². The Kier molecular flexibility index (Phi) is 3.47. The number of hydrogen-bond acceptors (Lipinski definition) is 6. The third-order valence-electron chi connectivity index (χ3n) is 2.39. The molecule has 2 N–H and O–H groups in total. The topological polar surface area (TPSA) is 81.1 Å². The Morgan fingerprint density at radius 2 is 2.62 bits per heavy atom. The third kappa shape index (κ3) is 2.56. The van der Waals surface area contributed by atoms with Crippen molar-refractivity contribution in [2.45, 2.75) is 12.6 Å². The van der Waals surface area contributed by atoms with E-state index in [1.165, 1.54) is 10.9 Å².